The molecule has 0 amide bonds. The van der Waals surface area contributed by atoms with Crippen molar-refractivity contribution in [1.82, 2.24) is 0 Å². The standard InChI is InChI=1S/C19H12Cl4O5S/c20-11-3-1-2-10(8-11)19(29(26,27)28,14-9-12(24)4-7-16(14)25)13-5-6-15(21)18(23)17(13)22/h1-9,24-25H,(H,26,27,28). The molecular formula is C19H12Cl4O5S. The summed E-state index contributed by atoms with van der Waals surface area (Å²) >= 11 is 24.5. The van der Waals surface area contributed by atoms with E-state index in [9.17, 15) is 23.2 Å². The van der Waals surface area contributed by atoms with Crippen molar-refractivity contribution < 1.29 is 23.2 Å². The number of benzene rings is 3. The normalized spacial score (nSPS) is 13.8. The molecule has 3 rings (SSSR count). The fourth-order valence-electron chi connectivity index (χ4n) is 3.19. The van der Waals surface area contributed by atoms with E-state index in [-0.39, 0.29) is 42.5 Å². The van der Waals surface area contributed by atoms with Crippen LogP contribution >= 0.6 is 46.4 Å². The molecule has 5 nitrogen and oxygen atoms in total. The largest absolute Gasteiger partial charge is 0.508 e. The first-order chi connectivity index (χ1) is 13.5. The van der Waals surface area contributed by atoms with Crippen LogP contribution in [0.15, 0.2) is 54.6 Å². The summed E-state index contributed by atoms with van der Waals surface area (Å²) in [5.74, 6) is -0.883. The third-order valence-electron chi connectivity index (χ3n) is 4.39. The zero-order valence-corrected chi connectivity index (χ0v) is 18.1. The molecule has 0 fully saturated rings. The van der Waals surface area contributed by atoms with E-state index < -0.39 is 20.6 Å². The van der Waals surface area contributed by atoms with E-state index in [1.54, 1.807) is 0 Å². The smallest absolute Gasteiger partial charge is 0.283 e. The van der Waals surface area contributed by atoms with Crippen molar-refractivity contribution in [3.05, 3.63) is 91.4 Å². The molecule has 10 heteroatoms. The summed E-state index contributed by atoms with van der Waals surface area (Å²) in [5, 5.41) is 20.3. The summed E-state index contributed by atoms with van der Waals surface area (Å²) in [7, 11) is -5.11. The first-order valence-corrected chi connectivity index (χ1v) is 10.8. The van der Waals surface area contributed by atoms with Gasteiger partial charge in [-0.2, -0.15) is 8.42 Å². The first kappa shape index (κ1) is 22.0. The van der Waals surface area contributed by atoms with Gasteiger partial charge < -0.3 is 10.2 Å². The molecule has 0 aliphatic carbocycles. The molecule has 3 aromatic carbocycles. The van der Waals surface area contributed by atoms with Crippen molar-refractivity contribution in [1.29, 1.82) is 0 Å². The summed E-state index contributed by atoms with van der Waals surface area (Å²) in [6, 6.07) is 11.4. The topological polar surface area (TPSA) is 94.8 Å². The van der Waals surface area contributed by atoms with Crippen LogP contribution in [0.25, 0.3) is 0 Å². The molecule has 152 valence electrons. The SMILES string of the molecule is O=S(=O)(O)C(c1cccc(Cl)c1)(c1cc(O)ccc1O)c1ccc(Cl)c(Cl)c1Cl. The van der Waals surface area contributed by atoms with Gasteiger partial charge in [-0.25, -0.2) is 0 Å². The lowest BCUT2D eigenvalue weighted by molar-refractivity contribution is 0.434. The zero-order valence-electron chi connectivity index (χ0n) is 14.3. The maximum absolute atomic E-state index is 13.0. The van der Waals surface area contributed by atoms with E-state index in [0.717, 1.165) is 18.2 Å². The van der Waals surface area contributed by atoms with Crippen molar-refractivity contribution >= 4 is 56.5 Å². The molecular weight excluding hydrogens is 482 g/mol. The minimum atomic E-state index is -5.11. The van der Waals surface area contributed by atoms with E-state index in [1.165, 1.54) is 36.4 Å². The van der Waals surface area contributed by atoms with E-state index >= 15 is 0 Å². The van der Waals surface area contributed by atoms with Crippen molar-refractivity contribution in [3.8, 4) is 11.5 Å². The van der Waals surface area contributed by atoms with Crippen LogP contribution < -0.4 is 0 Å². The highest BCUT2D eigenvalue weighted by Gasteiger charge is 2.51. The Kier molecular flexibility index (Phi) is 5.98. The van der Waals surface area contributed by atoms with Gasteiger partial charge in [-0.3, -0.25) is 4.55 Å². The molecule has 0 saturated carbocycles. The van der Waals surface area contributed by atoms with Gasteiger partial charge >= 0.3 is 0 Å². The van der Waals surface area contributed by atoms with Crippen LogP contribution in [0.5, 0.6) is 11.5 Å². The number of phenolic OH excluding ortho intramolecular Hbond substituents is 2. The summed E-state index contributed by atoms with van der Waals surface area (Å²) < 4.78 is 33.9. The van der Waals surface area contributed by atoms with Gasteiger partial charge in [-0.05, 0) is 42.0 Å². The maximum Gasteiger partial charge on any atom is 0.283 e. The van der Waals surface area contributed by atoms with Gasteiger partial charge in [-0.1, -0.05) is 64.6 Å². The van der Waals surface area contributed by atoms with Crippen LogP contribution in [0.4, 0.5) is 0 Å². The van der Waals surface area contributed by atoms with Crippen LogP contribution in [-0.2, 0) is 14.9 Å². The second kappa shape index (κ2) is 7.87. The van der Waals surface area contributed by atoms with Gasteiger partial charge in [0.25, 0.3) is 10.1 Å². The van der Waals surface area contributed by atoms with Crippen molar-refractivity contribution in [2.75, 3.05) is 0 Å². The molecule has 1 unspecified atom stereocenters. The van der Waals surface area contributed by atoms with Gasteiger partial charge in [0, 0.05) is 16.1 Å². The molecule has 0 saturated heterocycles. The lowest BCUT2D eigenvalue weighted by Gasteiger charge is -2.34. The molecule has 29 heavy (non-hydrogen) atoms. The Labute approximate surface area is 186 Å². The van der Waals surface area contributed by atoms with Gasteiger partial charge in [0.05, 0.1) is 15.1 Å². The number of hydrogen-bond donors (Lipinski definition) is 3. The Hall–Kier alpha value is -1.67. The maximum atomic E-state index is 13.0. The molecule has 0 aliphatic heterocycles. The summed E-state index contributed by atoms with van der Waals surface area (Å²) in [6.45, 7) is 0. The summed E-state index contributed by atoms with van der Waals surface area (Å²) in [6.07, 6.45) is 0. The van der Waals surface area contributed by atoms with Crippen LogP contribution in [0, 0.1) is 0 Å². The van der Waals surface area contributed by atoms with Gasteiger partial charge in [-0.15, -0.1) is 0 Å². The van der Waals surface area contributed by atoms with Crippen LogP contribution in [0.2, 0.25) is 20.1 Å². The number of aromatic hydroxyl groups is 2. The van der Waals surface area contributed by atoms with Crippen molar-refractivity contribution in [3.63, 3.8) is 0 Å². The molecule has 0 radical (unpaired) electrons. The van der Waals surface area contributed by atoms with Crippen LogP contribution in [0.3, 0.4) is 0 Å². The Morgan fingerprint density at radius 3 is 2.10 bits per heavy atom. The molecule has 1 atom stereocenters. The van der Waals surface area contributed by atoms with Crippen LogP contribution in [0.1, 0.15) is 16.7 Å². The predicted octanol–water partition coefficient (Wildman–Crippen LogP) is 5.89. The quantitative estimate of drug-likeness (QED) is 0.182. The van der Waals surface area contributed by atoms with Crippen LogP contribution in [-0.4, -0.2) is 23.2 Å². The van der Waals surface area contributed by atoms with E-state index in [0.29, 0.717) is 0 Å². The highest BCUT2D eigenvalue weighted by atomic mass is 35.5. The second-order valence-electron chi connectivity index (χ2n) is 6.09. The molecule has 0 spiro atoms. The van der Waals surface area contributed by atoms with Gasteiger partial charge in [0.15, 0.2) is 4.75 Å². The summed E-state index contributed by atoms with van der Waals surface area (Å²) in [5.41, 5.74) is -0.601. The Morgan fingerprint density at radius 2 is 1.48 bits per heavy atom. The zero-order chi connectivity index (χ0) is 21.6. The Morgan fingerprint density at radius 1 is 0.793 bits per heavy atom. The summed E-state index contributed by atoms with van der Waals surface area (Å²) in [4.78, 5) is 0. The predicted molar refractivity (Wildman–Crippen MR) is 114 cm³/mol. The van der Waals surface area contributed by atoms with E-state index in [2.05, 4.69) is 0 Å². The number of rotatable bonds is 4. The molecule has 0 heterocycles. The lowest BCUT2D eigenvalue weighted by atomic mass is 9.83. The molecule has 3 aromatic rings. The number of hydrogen-bond acceptors (Lipinski definition) is 4. The number of halogens is 4. The second-order valence-corrected chi connectivity index (χ2v) is 9.25. The fourth-order valence-corrected chi connectivity index (χ4v) is 5.43. The average molecular weight is 494 g/mol. The Balaban J connectivity index is 2.63. The highest BCUT2D eigenvalue weighted by Crippen LogP contribution is 2.51. The highest BCUT2D eigenvalue weighted by molar-refractivity contribution is 7.87. The lowest BCUT2D eigenvalue weighted by Crippen LogP contribution is -2.38. The van der Waals surface area contributed by atoms with Gasteiger partial charge in [0.1, 0.15) is 11.5 Å². The third-order valence-corrected chi connectivity index (χ3v) is 7.37. The minimum Gasteiger partial charge on any atom is -0.508 e. The van der Waals surface area contributed by atoms with Gasteiger partial charge in [0.2, 0.25) is 0 Å². The fraction of sp³-hybridized carbons (Fsp3) is 0.0526. The first-order valence-electron chi connectivity index (χ1n) is 7.89. The van der Waals surface area contributed by atoms with Crippen molar-refractivity contribution in [2.24, 2.45) is 0 Å². The van der Waals surface area contributed by atoms with E-state index in [4.69, 9.17) is 46.4 Å². The molecule has 0 aliphatic rings. The molecule has 0 bridgehead atoms. The monoisotopic (exact) mass is 492 g/mol. The third kappa shape index (κ3) is 3.65. The minimum absolute atomic E-state index is 0.0475. The Bertz CT molecular complexity index is 1210. The molecule has 3 N–H and O–H groups in total. The van der Waals surface area contributed by atoms with E-state index in [1.807, 2.05) is 0 Å². The number of phenols is 2. The van der Waals surface area contributed by atoms with Crippen molar-refractivity contribution in [2.45, 2.75) is 4.75 Å². The average Bonchev–Trinajstić information content (AvgIpc) is 2.64. The molecule has 0 aromatic heterocycles.